The topological polar surface area (TPSA) is 0 Å². The highest BCUT2D eigenvalue weighted by Crippen LogP contribution is 2.56. The third-order valence-electron chi connectivity index (χ3n) is 5.36. The van der Waals surface area contributed by atoms with Crippen molar-refractivity contribution in [2.75, 3.05) is 6.16 Å². The van der Waals surface area contributed by atoms with Crippen molar-refractivity contribution in [1.82, 2.24) is 0 Å². The van der Waals surface area contributed by atoms with E-state index in [4.69, 9.17) is 0 Å². The molecule has 1 unspecified atom stereocenters. The van der Waals surface area contributed by atoms with E-state index >= 15 is 0 Å². The first-order valence-electron chi connectivity index (χ1n) is 9.32. The maximum absolute atomic E-state index is 2.39. The second-order valence-electron chi connectivity index (χ2n) is 6.67. The molecule has 0 aliphatic rings. The maximum atomic E-state index is 2.39. The van der Waals surface area contributed by atoms with Crippen LogP contribution < -0.4 is 15.9 Å². The highest BCUT2D eigenvalue weighted by Gasteiger charge is 2.45. The number of benzene rings is 3. The molecular formula is C24H28P+. The Morgan fingerprint density at radius 2 is 1.16 bits per heavy atom. The molecule has 0 aliphatic heterocycles. The van der Waals surface area contributed by atoms with E-state index in [-0.39, 0.29) is 0 Å². The van der Waals surface area contributed by atoms with Crippen LogP contribution >= 0.6 is 7.26 Å². The van der Waals surface area contributed by atoms with E-state index in [9.17, 15) is 0 Å². The molecule has 0 fully saturated rings. The van der Waals surface area contributed by atoms with Gasteiger partial charge in [-0.25, -0.2) is 0 Å². The zero-order valence-corrected chi connectivity index (χ0v) is 16.4. The van der Waals surface area contributed by atoms with E-state index in [1.165, 1.54) is 22.6 Å². The molecule has 0 amide bonds. The molecule has 0 aromatic heterocycles. The Bertz CT molecular complexity index is 753. The van der Waals surface area contributed by atoms with E-state index in [1.807, 2.05) is 0 Å². The van der Waals surface area contributed by atoms with Crippen molar-refractivity contribution < 1.29 is 0 Å². The number of rotatable bonds is 6. The van der Waals surface area contributed by atoms with Gasteiger partial charge in [-0.3, -0.25) is 0 Å². The first-order valence-corrected chi connectivity index (χ1v) is 11.3. The Morgan fingerprint density at radius 3 is 1.64 bits per heavy atom. The molecule has 1 heteroatoms. The lowest BCUT2D eigenvalue weighted by molar-refractivity contribution is 0.738. The zero-order chi connectivity index (χ0) is 17.7. The molecule has 0 saturated carbocycles. The molecule has 0 heterocycles. The van der Waals surface area contributed by atoms with Gasteiger partial charge in [0, 0.05) is 0 Å². The van der Waals surface area contributed by atoms with Crippen molar-refractivity contribution in [3.05, 3.63) is 90.5 Å². The van der Waals surface area contributed by atoms with Gasteiger partial charge in [-0.15, -0.1) is 0 Å². The first kappa shape index (κ1) is 17.9. The largest absolute Gasteiger partial charge is 0.112 e. The zero-order valence-electron chi connectivity index (χ0n) is 15.5. The van der Waals surface area contributed by atoms with Gasteiger partial charge in [0.15, 0.2) is 0 Å². The van der Waals surface area contributed by atoms with Crippen LogP contribution in [0, 0.1) is 0 Å². The van der Waals surface area contributed by atoms with Crippen LogP contribution in [0.3, 0.4) is 0 Å². The summed E-state index contributed by atoms with van der Waals surface area (Å²) in [5.74, 6) is 0.578. The average Bonchev–Trinajstić information content (AvgIpc) is 2.70. The highest BCUT2D eigenvalue weighted by atomic mass is 31.2. The smallest absolute Gasteiger partial charge is 0.0648 e. The van der Waals surface area contributed by atoms with Crippen LogP contribution in [0.5, 0.6) is 0 Å². The Morgan fingerprint density at radius 1 is 0.680 bits per heavy atom. The van der Waals surface area contributed by atoms with Crippen LogP contribution in [0.2, 0.25) is 0 Å². The standard InChI is InChI=1S/C24H28P/c1-4-20(3)23-18-12-13-19-24(23)25(5-2,21-14-8-6-9-15-21)22-16-10-7-11-17-22/h6-20H,4-5H2,1-3H3/q+1. The minimum atomic E-state index is -1.64. The fraction of sp³-hybridized carbons (Fsp3) is 0.250. The lowest BCUT2D eigenvalue weighted by Gasteiger charge is -2.29. The van der Waals surface area contributed by atoms with Crippen molar-refractivity contribution in [2.24, 2.45) is 0 Å². The molecule has 0 saturated heterocycles. The summed E-state index contributed by atoms with van der Waals surface area (Å²) in [4.78, 5) is 0. The van der Waals surface area contributed by atoms with E-state index in [0.29, 0.717) is 5.92 Å². The fourth-order valence-corrected chi connectivity index (χ4v) is 8.16. The second-order valence-corrected chi connectivity index (χ2v) is 10.4. The Labute approximate surface area is 153 Å². The molecular weight excluding hydrogens is 319 g/mol. The summed E-state index contributed by atoms with van der Waals surface area (Å²) >= 11 is 0. The van der Waals surface area contributed by atoms with Crippen LogP contribution in [0.15, 0.2) is 84.9 Å². The minimum absolute atomic E-state index is 0.578. The molecule has 25 heavy (non-hydrogen) atoms. The average molecular weight is 347 g/mol. The van der Waals surface area contributed by atoms with Crippen LogP contribution in [0.4, 0.5) is 0 Å². The van der Waals surface area contributed by atoms with Gasteiger partial charge in [-0.05, 0) is 55.2 Å². The van der Waals surface area contributed by atoms with Crippen molar-refractivity contribution in [2.45, 2.75) is 33.1 Å². The summed E-state index contributed by atoms with van der Waals surface area (Å²) in [6.45, 7) is 7.01. The monoisotopic (exact) mass is 347 g/mol. The van der Waals surface area contributed by atoms with Gasteiger partial charge in [-0.2, -0.15) is 0 Å². The maximum Gasteiger partial charge on any atom is 0.112 e. The summed E-state index contributed by atoms with van der Waals surface area (Å²) < 4.78 is 0. The normalized spacial score (nSPS) is 12.8. The van der Waals surface area contributed by atoms with Gasteiger partial charge in [0.1, 0.15) is 23.2 Å². The van der Waals surface area contributed by atoms with Gasteiger partial charge in [0.05, 0.1) is 6.16 Å². The summed E-state index contributed by atoms with van der Waals surface area (Å²) in [5, 5.41) is 4.53. The van der Waals surface area contributed by atoms with Crippen molar-refractivity contribution in [1.29, 1.82) is 0 Å². The Balaban J connectivity index is 2.34. The summed E-state index contributed by atoms with van der Waals surface area (Å²) in [5.41, 5.74) is 1.52. The predicted octanol–water partition coefficient (Wildman–Crippen LogP) is 5.51. The van der Waals surface area contributed by atoms with Gasteiger partial charge in [0.2, 0.25) is 0 Å². The molecule has 128 valence electrons. The van der Waals surface area contributed by atoms with E-state index in [0.717, 1.165) is 6.16 Å². The number of hydrogen-bond donors (Lipinski definition) is 0. The lowest BCUT2D eigenvalue weighted by atomic mass is 9.99. The van der Waals surface area contributed by atoms with Crippen molar-refractivity contribution >= 4 is 23.2 Å². The molecule has 0 N–H and O–H groups in total. The van der Waals surface area contributed by atoms with Crippen molar-refractivity contribution in [3.63, 3.8) is 0 Å². The molecule has 3 aromatic rings. The molecule has 0 spiro atoms. The van der Waals surface area contributed by atoms with Crippen LogP contribution in [-0.4, -0.2) is 6.16 Å². The third-order valence-corrected chi connectivity index (χ3v) is 9.90. The van der Waals surface area contributed by atoms with Crippen LogP contribution in [-0.2, 0) is 0 Å². The summed E-state index contributed by atoms with van der Waals surface area (Å²) in [6.07, 6.45) is 2.32. The first-order chi connectivity index (χ1) is 12.2. The molecule has 1 atom stereocenters. The second kappa shape index (κ2) is 7.98. The van der Waals surface area contributed by atoms with E-state index in [2.05, 4.69) is 106 Å². The van der Waals surface area contributed by atoms with E-state index < -0.39 is 7.26 Å². The van der Waals surface area contributed by atoms with Gasteiger partial charge >= 0.3 is 0 Å². The predicted molar refractivity (Wildman–Crippen MR) is 114 cm³/mol. The molecule has 0 nitrogen and oxygen atoms in total. The van der Waals surface area contributed by atoms with Crippen LogP contribution in [0.1, 0.15) is 38.7 Å². The SMILES string of the molecule is CCC(C)c1ccccc1[P+](CC)(c1ccccc1)c1ccccc1. The van der Waals surface area contributed by atoms with Gasteiger partial charge in [-0.1, -0.05) is 68.4 Å². The summed E-state index contributed by atoms with van der Waals surface area (Å²) in [6, 6.07) is 31.5. The Kier molecular flexibility index (Phi) is 5.71. The molecule has 0 bridgehead atoms. The quantitative estimate of drug-likeness (QED) is 0.516. The fourth-order valence-electron chi connectivity index (χ4n) is 3.80. The molecule has 0 radical (unpaired) electrons. The number of hydrogen-bond acceptors (Lipinski definition) is 0. The molecule has 3 aromatic carbocycles. The highest BCUT2D eigenvalue weighted by molar-refractivity contribution is 7.95. The molecule has 3 rings (SSSR count). The lowest BCUT2D eigenvalue weighted by Crippen LogP contribution is -2.34. The summed E-state index contributed by atoms with van der Waals surface area (Å²) in [7, 11) is -1.64. The van der Waals surface area contributed by atoms with Crippen molar-refractivity contribution in [3.8, 4) is 0 Å². The van der Waals surface area contributed by atoms with Gasteiger partial charge in [0.25, 0.3) is 0 Å². The Hall–Kier alpha value is -1.91. The van der Waals surface area contributed by atoms with Crippen LogP contribution in [0.25, 0.3) is 0 Å². The van der Waals surface area contributed by atoms with Gasteiger partial charge < -0.3 is 0 Å². The third kappa shape index (κ3) is 3.29. The molecule has 0 aliphatic carbocycles. The van der Waals surface area contributed by atoms with E-state index in [1.54, 1.807) is 5.30 Å². The minimum Gasteiger partial charge on any atom is -0.0648 e.